The number of hydrogen-bond donors (Lipinski definition) is 1. The molecule has 0 saturated heterocycles. The molecule has 3 rings (SSSR count). The molecule has 0 saturated carbocycles. The largest absolute Gasteiger partial charge is 0.399 e. The molecule has 0 atom stereocenters. The fourth-order valence-corrected chi connectivity index (χ4v) is 2.34. The number of anilines is 1. The maximum absolute atomic E-state index is 5.71. The van der Waals surface area contributed by atoms with Gasteiger partial charge in [-0.15, -0.1) is 5.10 Å². The second kappa shape index (κ2) is 5.05. The van der Waals surface area contributed by atoms with Gasteiger partial charge >= 0.3 is 0 Å². The van der Waals surface area contributed by atoms with Gasteiger partial charge in [0.1, 0.15) is 0 Å². The third kappa shape index (κ3) is 2.18. The Morgan fingerprint density at radius 2 is 1.85 bits per heavy atom. The average molecular weight is 330 g/mol. The number of nitrogens with zero attached hydrogens (tertiary/aromatic N) is 4. The van der Waals surface area contributed by atoms with E-state index < -0.39 is 0 Å². The second-order valence-corrected chi connectivity index (χ2v) is 5.27. The van der Waals surface area contributed by atoms with E-state index in [-0.39, 0.29) is 0 Å². The van der Waals surface area contributed by atoms with Crippen molar-refractivity contribution in [3.63, 3.8) is 0 Å². The highest BCUT2D eigenvalue weighted by atomic mass is 79.9. The Kier molecular flexibility index (Phi) is 3.23. The highest BCUT2D eigenvalue weighted by molar-refractivity contribution is 9.10. The van der Waals surface area contributed by atoms with E-state index in [4.69, 9.17) is 5.73 Å². The molecule has 0 amide bonds. The molecule has 0 aliphatic heterocycles. The highest BCUT2D eigenvalue weighted by Gasteiger charge is 2.13. The first-order valence-electron chi connectivity index (χ1n) is 6.06. The Hall–Kier alpha value is -2.21. The van der Waals surface area contributed by atoms with Crippen LogP contribution in [0.1, 0.15) is 5.56 Å². The summed E-state index contributed by atoms with van der Waals surface area (Å²) >= 11 is 3.52. The van der Waals surface area contributed by atoms with Crippen molar-refractivity contribution in [3.8, 4) is 17.1 Å². The van der Waals surface area contributed by atoms with Crippen molar-refractivity contribution in [2.45, 2.75) is 6.92 Å². The lowest BCUT2D eigenvalue weighted by Crippen LogP contribution is -2.02. The molecule has 2 aromatic carbocycles. The Morgan fingerprint density at radius 1 is 1.10 bits per heavy atom. The first-order chi connectivity index (χ1) is 9.66. The molecule has 5 nitrogen and oxygen atoms in total. The predicted molar refractivity (Wildman–Crippen MR) is 81.4 cm³/mol. The number of nitrogen functional groups attached to an aromatic ring is 1. The van der Waals surface area contributed by atoms with E-state index >= 15 is 0 Å². The molecular weight excluding hydrogens is 318 g/mol. The van der Waals surface area contributed by atoms with Gasteiger partial charge in [-0.25, -0.2) is 0 Å². The lowest BCUT2D eigenvalue weighted by molar-refractivity contribution is 0.787. The molecule has 0 unspecified atom stereocenters. The quantitative estimate of drug-likeness (QED) is 0.734. The lowest BCUT2D eigenvalue weighted by Gasteiger charge is -2.09. The molecule has 0 fully saturated rings. The van der Waals surface area contributed by atoms with Gasteiger partial charge in [0.25, 0.3) is 0 Å². The Morgan fingerprint density at radius 3 is 2.60 bits per heavy atom. The van der Waals surface area contributed by atoms with E-state index in [0.29, 0.717) is 11.5 Å². The molecule has 1 aromatic heterocycles. The predicted octanol–water partition coefficient (Wildman–Crippen LogP) is 2.98. The summed E-state index contributed by atoms with van der Waals surface area (Å²) in [5, 5.41) is 12.0. The first-order valence-corrected chi connectivity index (χ1v) is 6.86. The molecule has 2 N–H and O–H groups in total. The van der Waals surface area contributed by atoms with Gasteiger partial charge < -0.3 is 5.73 Å². The highest BCUT2D eigenvalue weighted by Crippen LogP contribution is 2.26. The van der Waals surface area contributed by atoms with Crippen molar-refractivity contribution in [1.29, 1.82) is 0 Å². The fraction of sp³-hybridized carbons (Fsp3) is 0.0714. The Bertz CT molecular complexity index is 749. The third-order valence-corrected chi connectivity index (χ3v) is 3.96. The molecule has 3 aromatic rings. The van der Waals surface area contributed by atoms with Crippen LogP contribution in [0.3, 0.4) is 0 Å². The fourth-order valence-electron chi connectivity index (χ4n) is 1.99. The van der Waals surface area contributed by atoms with E-state index in [2.05, 4.69) is 31.5 Å². The summed E-state index contributed by atoms with van der Waals surface area (Å²) in [6.45, 7) is 2.02. The van der Waals surface area contributed by atoms with Gasteiger partial charge in [0.05, 0.1) is 5.69 Å². The van der Waals surface area contributed by atoms with Gasteiger partial charge in [0.15, 0.2) is 5.82 Å². The number of hydrogen-bond acceptors (Lipinski definition) is 4. The van der Waals surface area contributed by atoms with Crippen LogP contribution >= 0.6 is 15.9 Å². The maximum atomic E-state index is 5.71. The summed E-state index contributed by atoms with van der Waals surface area (Å²) in [7, 11) is 0. The van der Waals surface area contributed by atoms with Crippen molar-refractivity contribution in [3.05, 3.63) is 52.5 Å². The van der Waals surface area contributed by atoms with Crippen LogP contribution in [-0.4, -0.2) is 20.2 Å². The van der Waals surface area contributed by atoms with Crippen molar-refractivity contribution < 1.29 is 0 Å². The van der Waals surface area contributed by atoms with Crippen molar-refractivity contribution in [1.82, 2.24) is 20.2 Å². The summed E-state index contributed by atoms with van der Waals surface area (Å²) in [6.07, 6.45) is 0. The molecule has 100 valence electrons. The number of aromatic nitrogens is 4. The minimum atomic E-state index is 0.686. The SMILES string of the molecule is Cc1c(Br)cccc1-n1nnnc1-c1ccc(N)cc1. The van der Waals surface area contributed by atoms with Gasteiger partial charge in [0.2, 0.25) is 0 Å². The zero-order chi connectivity index (χ0) is 14.1. The minimum Gasteiger partial charge on any atom is -0.399 e. The topological polar surface area (TPSA) is 69.6 Å². The van der Waals surface area contributed by atoms with Crippen LogP contribution < -0.4 is 5.73 Å². The van der Waals surface area contributed by atoms with Gasteiger partial charge in [-0.2, -0.15) is 4.68 Å². The summed E-state index contributed by atoms with van der Waals surface area (Å²) in [6, 6.07) is 13.4. The summed E-state index contributed by atoms with van der Waals surface area (Å²) < 4.78 is 2.75. The standard InChI is InChI=1S/C14H12BrN5/c1-9-12(15)3-2-4-13(9)20-14(17-18-19-20)10-5-7-11(16)8-6-10/h2-8H,16H2,1H3. The smallest absolute Gasteiger partial charge is 0.187 e. The molecule has 1 heterocycles. The molecule has 0 spiro atoms. The molecule has 20 heavy (non-hydrogen) atoms. The summed E-state index contributed by atoms with van der Waals surface area (Å²) in [4.78, 5) is 0. The van der Waals surface area contributed by atoms with Crippen LogP contribution in [0, 0.1) is 6.92 Å². The van der Waals surface area contributed by atoms with Crippen LogP contribution in [0.5, 0.6) is 0 Å². The normalized spacial score (nSPS) is 10.7. The molecule has 0 aliphatic carbocycles. The molecule has 0 bridgehead atoms. The van der Waals surface area contributed by atoms with E-state index in [1.807, 2.05) is 49.4 Å². The van der Waals surface area contributed by atoms with E-state index in [0.717, 1.165) is 21.3 Å². The number of nitrogens with two attached hydrogens (primary N) is 1. The van der Waals surface area contributed by atoms with Crippen LogP contribution in [0.15, 0.2) is 46.9 Å². The van der Waals surface area contributed by atoms with Crippen molar-refractivity contribution >= 4 is 21.6 Å². The van der Waals surface area contributed by atoms with Crippen LogP contribution in [0.2, 0.25) is 0 Å². The number of benzene rings is 2. The number of rotatable bonds is 2. The molecular formula is C14H12BrN5. The Labute approximate surface area is 124 Å². The van der Waals surface area contributed by atoms with E-state index in [1.54, 1.807) is 4.68 Å². The molecule has 0 aliphatic rings. The molecule has 0 radical (unpaired) electrons. The van der Waals surface area contributed by atoms with E-state index in [9.17, 15) is 0 Å². The monoisotopic (exact) mass is 329 g/mol. The zero-order valence-electron chi connectivity index (χ0n) is 10.8. The number of halogens is 1. The van der Waals surface area contributed by atoms with Crippen LogP contribution in [0.25, 0.3) is 17.1 Å². The van der Waals surface area contributed by atoms with Gasteiger partial charge in [-0.1, -0.05) is 22.0 Å². The lowest BCUT2D eigenvalue weighted by atomic mass is 10.1. The zero-order valence-corrected chi connectivity index (χ0v) is 12.4. The van der Waals surface area contributed by atoms with Gasteiger partial charge in [0, 0.05) is 15.7 Å². The van der Waals surface area contributed by atoms with Crippen molar-refractivity contribution in [2.24, 2.45) is 0 Å². The maximum Gasteiger partial charge on any atom is 0.187 e. The second-order valence-electron chi connectivity index (χ2n) is 4.42. The average Bonchev–Trinajstić information content (AvgIpc) is 2.92. The summed E-state index contributed by atoms with van der Waals surface area (Å²) in [5.74, 6) is 0.686. The third-order valence-electron chi connectivity index (χ3n) is 3.11. The summed E-state index contributed by atoms with van der Waals surface area (Å²) in [5.41, 5.74) is 9.36. The molecule has 6 heteroatoms. The minimum absolute atomic E-state index is 0.686. The van der Waals surface area contributed by atoms with Crippen LogP contribution in [0.4, 0.5) is 5.69 Å². The number of tetrazole rings is 1. The Balaban J connectivity index is 2.15. The first kappa shape index (κ1) is 12.8. The van der Waals surface area contributed by atoms with Crippen molar-refractivity contribution in [2.75, 3.05) is 5.73 Å². The van der Waals surface area contributed by atoms with E-state index in [1.165, 1.54) is 0 Å². The van der Waals surface area contributed by atoms with Gasteiger partial charge in [-0.05, 0) is 59.3 Å². The van der Waals surface area contributed by atoms with Crippen LogP contribution in [-0.2, 0) is 0 Å². The van der Waals surface area contributed by atoms with Gasteiger partial charge in [-0.3, -0.25) is 0 Å².